The van der Waals surface area contributed by atoms with E-state index in [1.54, 1.807) is 26.1 Å². The van der Waals surface area contributed by atoms with E-state index in [0.29, 0.717) is 29.0 Å². The first kappa shape index (κ1) is 27.5. The van der Waals surface area contributed by atoms with Gasteiger partial charge < -0.3 is 15.0 Å². The van der Waals surface area contributed by atoms with Crippen LogP contribution in [0.5, 0.6) is 0 Å². The van der Waals surface area contributed by atoms with Crippen LogP contribution in [0.2, 0.25) is 5.02 Å². The summed E-state index contributed by atoms with van der Waals surface area (Å²) in [5.74, 6) is -2.34. The number of hydrogen-bond donors (Lipinski definition) is 1. The molecular formula is C28H30ClFN4O4. The molecule has 0 saturated heterocycles. The number of nitrogens with zero attached hydrogens (tertiary/aromatic N) is 3. The van der Waals surface area contributed by atoms with E-state index in [0.717, 1.165) is 30.7 Å². The summed E-state index contributed by atoms with van der Waals surface area (Å²) in [6.07, 6.45) is 3.14. The maximum Gasteiger partial charge on any atom is 0.338 e. The van der Waals surface area contributed by atoms with Crippen molar-refractivity contribution < 1.29 is 23.5 Å². The maximum absolute atomic E-state index is 14.2. The summed E-state index contributed by atoms with van der Waals surface area (Å²) >= 11 is 6.59. The number of halogens is 2. The number of esters is 1. The smallest absolute Gasteiger partial charge is 0.338 e. The van der Waals surface area contributed by atoms with E-state index >= 15 is 0 Å². The summed E-state index contributed by atoms with van der Waals surface area (Å²) in [5.41, 5.74) is 1.70. The molecule has 200 valence electrons. The maximum atomic E-state index is 14.2. The first-order chi connectivity index (χ1) is 18.2. The van der Waals surface area contributed by atoms with E-state index in [-0.39, 0.29) is 33.8 Å². The number of hydrogen-bond acceptors (Lipinski definition) is 7. The molecule has 1 aromatic heterocycles. The summed E-state index contributed by atoms with van der Waals surface area (Å²) in [7, 11) is 3.54. The summed E-state index contributed by atoms with van der Waals surface area (Å²) in [5, 5.41) is 3.05. The molecule has 1 aliphatic rings. The van der Waals surface area contributed by atoms with E-state index in [1.807, 2.05) is 7.05 Å². The number of anilines is 2. The van der Waals surface area contributed by atoms with Crippen LogP contribution in [0.1, 0.15) is 69.9 Å². The Bertz CT molecular complexity index is 1430. The lowest BCUT2D eigenvalue weighted by Crippen LogP contribution is -2.31. The van der Waals surface area contributed by atoms with Crippen LogP contribution in [0.25, 0.3) is 10.9 Å². The van der Waals surface area contributed by atoms with E-state index < -0.39 is 23.6 Å². The van der Waals surface area contributed by atoms with Crippen LogP contribution in [-0.2, 0) is 11.3 Å². The van der Waals surface area contributed by atoms with E-state index in [9.17, 15) is 18.8 Å². The number of unbranched alkanes of at least 4 members (excludes halogenated alkanes) is 2. The van der Waals surface area contributed by atoms with Crippen LogP contribution in [0.4, 0.5) is 15.8 Å². The van der Waals surface area contributed by atoms with Crippen molar-refractivity contribution in [3.63, 3.8) is 0 Å². The van der Waals surface area contributed by atoms with Crippen LogP contribution in [0.3, 0.4) is 0 Å². The zero-order chi connectivity index (χ0) is 27.6. The second-order valence-electron chi connectivity index (χ2n) is 9.20. The van der Waals surface area contributed by atoms with Gasteiger partial charge in [-0.15, -0.1) is 0 Å². The number of aromatic nitrogens is 1. The van der Waals surface area contributed by atoms with Gasteiger partial charge in [-0.2, -0.15) is 0 Å². The molecule has 10 heteroatoms. The number of carbonyl (C=O) groups is 3. The third-order valence-corrected chi connectivity index (χ3v) is 6.89. The standard InChI is InChI=1S/C28H30ClFN4O4/c1-5-7-8-11-33(4)15-17-12-16(28(37)38-6-2)9-10-21(17)34-26(35)22-23(29)19-13-18(30)14-20(31-3)24(19)32-25(22)27(34)36/h9-10,12-14,31H,5-8,11,15H2,1-4H3. The van der Waals surface area contributed by atoms with Gasteiger partial charge >= 0.3 is 5.97 Å². The van der Waals surface area contributed by atoms with Crippen LogP contribution in [0.15, 0.2) is 30.3 Å². The minimum absolute atomic E-state index is 0.0387. The molecule has 2 heterocycles. The molecular weight excluding hydrogens is 511 g/mol. The number of amides is 2. The zero-order valence-electron chi connectivity index (χ0n) is 21.9. The van der Waals surface area contributed by atoms with Crippen molar-refractivity contribution in [3.8, 4) is 0 Å². The molecule has 0 fully saturated rings. The Morgan fingerprint density at radius 1 is 1.16 bits per heavy atom. The molecule has 3 aromatic rings. The van der Waals surface area contributed by atoms with Crippen molar-refractivity contribution in [1.82, 2.24) is 9.88 Å². The number of pyridine rings is 1. The van der Waals surface area contributed by atoms with Crippen molar-refractivity contribution in [2.24, 2.45) is 0 Å². The van der Waals surface area contributed by atoms with Crippen molar-refractivity contribution in [2.75, 3.05) is 37.5 Å². The van der Waals surface area contributed by atoms with Crippen molar-refractivity contribution >= 4 is 51.7 Å². The van der Waals surface area contributed by atoms with Gasteiger partial charge in [0.05, 0.1) is 39.6 Å². The fourth-order valence-electron chi connectivity index (χ4n) is 4.64. The predicted molar refractivity (Wildman–Crippen MR) is 146 cm³/mol. The Kier molecular flexibility index (Phi) is 8.28. The number of rotatable bonds is 10. The lowest BCUT2D eigenvalue weighted by molar-refractivity contribution is 0.0526. The van der Waals surface area contributed by atoms with Crippen LogP contribution in [-0.4, -0.2) is 54.9 Å². The Balaban J connectivity index is 1.81. The largest absolute Gasteiger partial charge is 0.462 e. The van der Waals surface area contributed by atoms with Crippen molar-refractivity contribution in [3.05, 3.63) is 63.6 Å². The lowest BCUT2D eigenvalue weighted by atomic mass is 10.1. The van der Waals surface area contributed by atoms with Gasteiger partial charge in [0.15, 0.2) is 0 Å². The van der Waals surface area contributed by atoms with Gasteiger partial charge in [0.2, 0.25) is 0 Å². The van der Waals surface area contributed by atoms with Crippen LogP contribution in [0, 0.1) is 5.82 Å². The number of carbonyl (C=O) groups excluding carboxylic acids is 3. The Labute approximate surface area is 225 Å². The van der Waals surface area contributed by atoms with Crippen LogP contribution >= 0.6 is 11.6 Å². The summed E-state index contributed by atoms with van der Waals surface area (Å²) in [6.45, 7) is 5.26. The molecule has 0 spiro atoms. The van der Waals surface area contributed by atoms with Gasteiger partial charge in [0.1, 0.15) is 11.5 Å². The highest BCUT2D eigenvalue weighted by Crippen LogP contribution is 2.39. The Hall–Kier alpha value is -3.56. The normalized spacial score (nSPS) is 13.0. The highest BCUT2D eigenvalue weighted by molar-refractivity contribution is 6.45. The third kappa shape index (κ3) is 5.08. The third-order valence-electron chi connectivity index (χ3n) is 6.50. The summed E-state index contributed by atoms with van der Waals surface area (Å²) < 4.78 is 19.4. The molecule has 1 aliphatic heterocycles. The average Bonchev–Trinajstić information content (AvgIpc) is 3.14. The quantitative estimate of drug-likeness (QED) is 0.201. The summed E-state index contributed by atoms with van der Waals surface area (Å²) in [4.78, 5) is 47.3. The minimum Gasteiger partial charge on any atom is -0.462 e. The topological polar surface area (TPSA) is 91.8 Å². The van der Waals surface area contributed by atoms with Gasteiger partial charge in [-0.3, -0.25) is 9.59 Å². The Morgan fingerprint density at radius 3 is 2.61 bits per heavy atom. The molecule has 8 nitrogen and oxygen atoms in total. The molecule has 0 bridgehead atoms. The molecule has 38 heavy (non-hydrogen) atoms. The van der Waals surface area contributed by atoms with E-state index in [1.165, 1.54) is 18.2 Å². The number of ether oxygens (including phenoxy) is 1. The van der Waals surface area contributed by atoms with Crippen LogP contribution < -0.4 is 10.2 Å². The SMILES string of the molecule is CCCCCN(C)Cc1cc(C(=O)OCC)ccc1N1C(=O)c2nc3c(NC)cc(F)cc3c(Cl)c2C1=O. The number of benzene rings is 2. The van der Waals surface area contributed by atoms with Gasteiger partial charge in [-0.1, -0.05) is 31.4 Å². The molecule has 0 aliphatic carbocycles. The van der Waals surface area contributed by atoms with Crippen molar-refractivity contribution in [2.45, 2.75) is 39.7 Å². The number of fused-ring (bicyclic) bond motifs is 2. The second kappa shape index (κ2) is 11.4. The zero-order valence-corrected chi connectivity index (χ0v) is 22.6. The second-order valence-corrected chi connectivity index (χ2v) is 9.58. The van der Waals surface area contributed by atoms with Crippen molar-refractivity contribution in [1.29, 1.82) is 0 Å². The molecule has 2 aromatic carbocycles. The monoisotopic (exact) mass is 540 g/mol. The van der Waals surface area contributed by atoms with E-state index in [2.05, 4.69) is 22.1 Å². The molecule has 4 rings (SSSR count). The molecule has 0 radical (unpaired) electrons. The molecule has 2 amide bonds. The predicted octanol–water partition coefficient (Wildman–Crippen LogP) is 5.67. The highest BCUT2D eigenvalue weighted by atomic mass is 35.5. The van der Waals surface area contributed by atoms with E-state index in [4.69, 9.17) is 16.3 Å². The fourth-order valence-corrected chi connectivity index (χ4v) is 4.95. The summed E-state index contributed by atoms with van der Waals surface area (Å²) in [6, 6.07) is 7.18. The molecule has 1 N–H and O–H groups in total. The Morgan fingerprint density at radius 2 is 1.92 bits per heavy atom. The molecule has 0 saturated carbocycles. The molecule has 0 unspecified atom stereocenters. The molecule has 0 atom stereocenters. The van der Waals surface area contributed by atoms with Gasteiger partial charge in [0, 0.05) is 19.0 Å². The van der Waals surface area contributed by atoms with Gasteiger partial charge in [-0.05, 0) is 62.8 Å². The van der Waals surface area contributed by atoms with Gasteiger partial charge in [0.25, 0.3) is 11.8 Å². The fraction of sp³-hybridized carbons (Fsp3) is 0.357. The minimum atomic E-state index is -0.654. The lowest BCUT2D eigenvalue weighted by Gasteiger charge is -2.23. The first-order valence-corrected chi connectivity index (χ1v) is 13.0. The number of imide groups is 1. The average molecular weight is 541 g/mol. The first-order valence-electron chi connectivity index (χ1n) is 12.6. The van der Waals surface area contributed by atoms with Gasteiger partial charge in [-0.25, -0.2) is 19.1 Å². The highest BCUT2D eigenvalue weighted by Gasteiger charge is 2.42. The number of nitrogens with one attached hydrogen (secondary N) is 1.